The molecule has 0 aromatic heterocycles. The van der Waals surface area contributed by atoms with E-state index in [9.17, 15) is 0 Å². The summed E-state index contributed by atoms with van der Waals surface area (Å²) in [6.07, 6.45) is 36.1. The molecule has 0 heteroatoms. The average molecular weight is 541 g/mol. The molecule has 0 aromatic rings. The maximum Gasteiger partial charge on any atom is -0.0104 e. The third-order valence-corrected chi connectivity index (χ3v) is 9.23. The van der Waals surface area contributed by atoms with Gasteiger partial charge in [0.15, 0.2) is 0 Å². The van der Waals surface area contributed by atoms with Gasteiger partial charge in [0.05, 0.1) is 0 Å². The molecule has 0 amide bonds. The van der Waals surface area contributed by atoms with Crippen LogP contribution in [0.2, 0.25) is 0 Å². The molecule has 0 saturated heterocycles. The lowest BCUT2D eigenvalue weighted by Gasteiger charge is -2.38. The normalized spacial score (nSPS) is 23.1. The van der Waals surface area contributed by atoms with Crippen molar-refractivity contribution in [1.29, 1.82) is 0 Å². The van der Waals surface area contributed by atoms with E-state index in [0.29, 0.717) is 10.8 Å². The number of rotatable bonds is 12. The fourth-order valence-electron chi connectivity index (χ4n) is 6.44. The molecule has 220 valence electrons. The van der Waals surface area contributed by atoms with Crippen LogP contribution in [0, 0.1) is 16.7 Å². The molecule has 1 atom stereocenters. The second kappa shape index (κ2) is 16.2. The van der Waals surface area contributed by atoms with E-state index in [2.05, 4.69) is 136 Å². The van der Waals surface area contributed by atoms with Crippen LogP contribution in [0.15, 0.2) is 106 Å². The fraction of sp³-hybridized carbons (Fsp3) is 0.550. The molecule has 0 nitrogen and oxygen atoms in total. The zero-order valence-electron chi connectivity index (χ0n) is 27.8. The van der Waals surface area contributed by atoms with E-state index >= 15 is 0 Å². The molecule has 0 spiro atoms. The van der Waals surface area contributed by atoms with E-state index in [1.807, 2.05) is 0 Å². The van der Waals surface area contributed by atoms with Gasteiger partial charge in [-0.05, 0) is 122 Å². The lowest BCUT2D eigenvalue weighted by molar-refractivity contribution is 0.204. The molecule has 2 rings (SSSR count). The molecular weight excluding hydrogens is 480 g/mol. The zero-order chi connectivity index (χ0) is 29.8. The Kier molecular flexibility index (Phi) is 13.7. The topological polar surface area (TPSA) is 0 Å². The minimum atomic E-state index is 0.298. The highest BCUT2D eigenvalue weighted by Crippen LogP contribution is 2.44. The van der Waals surface area contributed by atoms with Crippen LogP contribution in [0.3, 0.4) is 0 Å². The molecule has 0 bridgehead atoms. The summed E-state index contributed by atoms with van der Waals surface area (Å²) in [5, 5.41) is 0. The standard InChI is InChI=1S/C40H60/c1-31(19-13-21-33(3)25-27-37-35(5)23-15-29-39(37,7)8)17-11-12-18-32(2)20-14-22-34(4)26-28-38-36(6)24-16-30-40(38,9)10/h11-13,17-19,21-22,24-25,27,38H,14-16,20,23,26,28-30H2,1-10H3/b12-11+,19-13+,27-25+,31-17+,32-18+,33-21+,34-22-/t38-/m0/s1. The van der Waals surface area contributed by atoms with Gasteiger partial charge in [0.25, 0.3) is 0 Å². The highest BCUT2D eigenvalue weighted by molar-refractivity contribution is 5.37. The first-order valence-corrected chi connectivity index (χ1v) is 15.9. The summed E-state index contributed by atoms with van der Waals surface area (Å²) in [4.78, 5) is 0. The molecular formula is C40H60. The van der Waals surface area contributed by atoms with Crippen molar-refractivity contribution in [2.75, 3.05) is 0 Å². The van der Waals surface area contributed by atoms with Gasteiger partial charge in [0.1, 0.15) is 0 Å². The Morgan fingerprint density at radius 2 is 1.50 bits per heavy atom. The summed E-state index contributed by atoms with van der Waals surface area (Å²) in [6, 6.07) is 0. The largest absolute Gasteiger partial charge is 0.0853 e. The van der Waals surface area contributed by atoms with Gasteiger partial charge in [-0.25, -0.2) is 0 Å². The van der Waals surface area contributed by atoms with E-state index in [1.165, 1.54) is 67.2 Å². The molecule has 0 unspecified atom stereocenters. The predicted molar refractivity (Wildman–Crippen MR) is 182 cm³/mol. The van der Waals surface area contributed by atoms with Crippen LogP contribution >= 0.6 is 0 Å². The van der Waals surface area contributed by atoms with Gasteiger partial charge in [-0.1, -0.05) is 128 Å². The van der Waals surface area contributed by atoms with Crippen molar-refractivity contribution in [2.45, 2.75) is 127 Å². The van der Waals surface area contributed by atoms with Crippen LogP contribution in [-0.2, 0) is 0 Å². The van der Waals surface area contributed by atoms with Crippen LogP contribution in [-0.4, -0.2) is 0 Å². The highest BCUT2D eigenvalue weighted by Gasteiger charge is 2.32. The van der Waals surface area contributed by atoms with Gasteiger partial charge in [0.2, 0.25) is 0 Å². The first-order valence-electron chi connectivity index (χ1n) is 15.9. The molecule has 2 aliphatic carbocycles. The van der Waals surface area contributed by atoms with Crippen molar-refractivity contribution >= 4 is 0 Å². The smallest absolute Gasteiger partial charge is 0.0104 e. The van der Waals surface area contributed by atoms with Crippen molar-refractivity contribution < 1.29 is 0 Å². The second-order valence-corrected chi connectivity index (χ2v) is 14.0. The average Bonchev–Trinajstić information content (AvgIpc) is 2.85. The van der Waals surface area contributed by atoms with Crippen LogP contribution in [0.5, 0.6) is 0 Å². The van der Waals surface area contributed by atoms with Crippen LogP contribution in [0.1, 0.15) is 127 Å². The van der Waals surface area contributed by atoms with Crippen LogP contribution in [0.4, 0.5) is 0 Å². The maximum atomic E-state index is 2.47. The Labute approximate surface area is 249 Å². The first kappa shape index (κ1) is 33.9. The van der Waals surface area contributed by atoms with E-state index in [-0.39, 0.29) is 0 Å². The molecule has 0 fully saturated rings. The quantitative estimate of drug-likeness (QED) is 0.170. The van der Waals surface area contributed by atoms with Gasteiger partial charge in [-0.3, -0.25) is 0 Å². The monoisotopic (exact) mass is 540 g/mol. The highest BCUT2D eigenvalue weighted by atomic mass is 14.4. The van der Waals surface area contributed by atoms with Crippen molar-refractivity contribution in [3.05, 3.63) is 106 Å². The molecule has 0 radical (unpaired) electrons. The second-order valence-electron chi connectivity index (χ2n) is 14.0. The van der Waals surface area contributed by atoms with Gasteiger partial charge in [-0.15, -0.1) is 0 Å². The summed E-state index contributed by atoms with van der Waals surface area (Å²) in [7, 11) is 0. The molecule has 0 saturated carbocycles. The zero-order valence-corrected chi connectivity index (χ0v) is 27.8. The molecule has 0 N–H and O–H groups in total. The van der Waals surface area contributed by atoms with E-state index in [4.69, 9.17) is 0 Å². The van der Waals surface area contributed by atoms with Crippen molar-refractivity contribution in [1.82, 2.24) is 0 Å². The third-order valence-electron chi connectivity index (χ3n) is 9.23. The molecule has 40 heavy (non-hydrogen) atoms. The Bertz CT molecular complexity index is 1110. The van der Waals surface area contributed by atoms with E-state index in [0.717, 1.165) is 18.8 Å². The Hall–Kier alpha value is -2.34. The maximum absolute atomic E-state index is 2.47. The minimum absolute atomic E-state index is 0.298. The molecule has 0 aromatic carbocycles. The fourth-order valence-corrected chi connectivity index (χ4v) is 6.44. The number of hydrogen-bond donors (Lipinski definition) is 0. The van der Waals surface area contributed by atoms with E-state index < -0.39 is 0 Å². The van der Waals surface area contributed by atoms with Gasteiger partial charge >= 0.3 is 0 Å². The van der Waals surface area contributed by atoms with Crippen LogP contribution in [0.25, 0.3) is 0 Å². The Morgan fingerprint density at radius 1 is 0.825 bits per heavy atom. The Balaban J connectivity index is 1.78. The summed E-state index contributed by atoms with van der Waals surface area (Å²) >= 11 is 0. The number of allylic oxidation sites excluding steroid dienone is 18. The molecule has 0 heterocycles. The minimum Gasteiger partial charge on any atom is -0.0853 e. The number of hydrogen-bond acceptors (Lipinski definition) is 0. The lowest BCUT2D eigenvalue weighted by atomic mass is 9.67. The molecule has 0 aliphatic heterocycles. The van der Waals surface area contributed by atoms with Crippen molar-refractivity contribution in [3.8, 4) is 0 Å². The van der Waals surface area contributed by atoms with E-state index in [1.54, 1.807) is 16.7 Å². The summed E-state index contributed by atoms with van der Waals surface area (Å²) < 4.78 is 0. The first-order chi connectivity index (χ1) is 18.8. The van der Waals surface area contributed by atoms with Gasteiger partial charge in [-0.2, -0.15) is 0 Å². The third kappa shape index (κ3) is 11.6. The van der Waals surface area contributed by atoms with Gasteiger partial charge in [0, 0.05) is 0 Å². The Morgan fingerprint density at radius 3 is 2.20 bits per heavy atom. The van der Waals surface area contributed by atoms with Crippen molar-refractivity contribution in [3.63, 3.8) is 0 Å². The molecule has 2 aliphatic rings. The van der Waals surface area contributed by atoms with Crippen LogP contribution < -0.4 is 0 Å². The van der Waals surface area contributed by atoms with Crippen molar-refractivity contribution in [2.24, 2.45) is 16.7 Å². The summed E-state index contributed by atoms with van der Waals surface area (Å²) in [5.74, 6) is 0.737. The predicted octanol–water partition coefficient (Wildman–Crippen LogP) is 12.9. The SMILES string of the molecule is CC1=CCCC(C)(C)[C@H]1CC/C(C)=C\CC/C(C)=C/C=C/C=C(C)/C=C/C=C(C)/C=C/C1=C(C)CCCC1(C)C. The summed E-state index contributed by atoms with van der Waals surface area (Å²) in [5.41, 5.74) is 11.0. The summed E-state index contributed by atoms with van der Waals surface area (Å²) in [6.45, 7) is 23.2. The van der Waals surface area contributed by atoms with Gasteiger partial charge < -0.3 is 0 Å². The lowest BCUT2D eigenvalue weighted by Crippen LogP contribution is -2.27.